The Hall–Kier alpha value is -3.09. The van der Waals surface area contributed by atoms with Gasteiger partial charge in [-0.25, -0.2) is 4.98 Å². The Kier molecular flexibility index (Phi) is 6.16. The van der Waals surface area contributed by atoms with Crippen LogP contribution in [0.4, 0.5) is 0 Å². The topological polar surface area (TPSA) is 93.8 Å². The van der Waals surface area contributed by atoms with E-state index in [1.807, 2.05) is 38.1 Å². The van der Waals surface area contributed by atoms with Crippen LogP contribution in [-0.2, 0) is 11.2 Å². The molecule has 1 N–H and O–H groups in total. The van der Waals surface area contributed by atoms with Crippen molar-refractivity contribution in [2.45, 2.75) is 51.9 Å². The molecule has 1 aliphatic carbocycles. The van der Waals surface area contributed by atoms with Crippen molar-refractivity contribution >= 4 is 5.91 Å². The zero-order valence-corrected chi connectivity index (χ0v) is 17.5. The van der Waals surface area contributed by atoms with E-state index in [4.69, 9.17) is 4.42 Å². The van der Waals surface area contributed by atoms with Gasteiger partial charge >= 0.3 is 0 Å². The first-order valence-electron chi connectivity index (χ1n) is 10.5. The molecule has 4 rings (SSSR count). The molecular formula is C23H27N5O2. The van der Waals surface area contributed by atoms with E-state index < -0.39 is 0 Å². The van der Waals surface area contributed by atoms with Crippen molar-refractivity contribution in [2.24, 2.45) is 5.92 Å². The van der Waals surface area contributed by atoms with Crippen LogP contribution < -0.4 is 5.32 Å². The van der Waals surface area contributed by atoms with E-state index in [-0.39, 0.29) is 11.8 Å². The molecule has 0 bridgehead atoms. The highest BCUT2D eigenvalue weighted by Crippen LogP contribution is 2.35. The van der Waals surface area contributed by atoms with Gasteiger partial charge in [0.1, 0.15) is 5.69 Å². The maximum atomic E-state index is 12.2. The molecular weight excluding hydrogens is 378 g/mol. The second kappa shape index (κ2) is 9.15. The van der Waals surface area contributed by atoms with E-state index in [9.17, 15) is 4.79 Å². The van der Waals surface area contributed by atoms with Crippen molar-refractivity contribution in [1.29, 1.82) is 0 Å². The highest BCUT2D eigenvalue weighted by atomic mass is 16.4. The molecule has 1 aromatic carbocycles. The quantitative estimate of drug-likeness (QED) is 0.671. The number of benzene rings is 1. The number of carbonyl (C=O) groups excluding carboxylic acids is 1. The molecule has 2 aromatic heterocycles. The molecule has 156 valence electrons. The Morgan fingerprint density at radius 1 is 1.03 bits per heavy atom. The molecule has 1 aliphatic rings. The Morgan fingerprint density at radius 3 is 2.50 bits per heavy atom. The lowest BCUT2D eigenvalue weighted by Crippen LogP contribution is -2.32. The van der Waals surface area contributed by atoms with Crippen LogP contribution in [0.1, 0.15) is 54.3 Å². The number of carbonyl (C=O) groups is 1. The first-order chi connectivity index (χ1) is 14.6. The third kappa shape index (κ3) is 5.09. The van der Waals surface area contributed by atoms with Crippen LogP contribution in [0.25, 0.3) is 11.6 Å². The number of aromatic nitrogens is 4. The molecule has 7 nitrogen and oxygen atoms in total. The van der Waals surface area contributed by atoms with E-state index in [2.05, 4.69) is 25.5 Å². The standard InChI is InChI=1S/C23H27N5O2/c1-15-3-5-17(6-4-15)11-21(29)26-13-18-7-9-19(10-8-18)22-27-28-23(30-22)20-14-24-16(2)12-25-20/h3-6,12,14,18-19H,7-11,13H2,1-2H3,(H,26,29). The van der Waals surface area contributed by atoms with Crippen molar-refractivity contribution in [3.63, 3.8) is 0 Å². The summed E-state index contributed by atoms with van der Waals surface area (Å²) in [6.07, 6.45) is 7.83. The molecule has 7 heteroatoms. The summed E-state index contributed by atoms with van der Waals surface area (Å²) in [5, 5.41) is 11.5. The van der Waals surface area contributed by atoms with Gasteiger partial charge in [0.15, 0.2) is 0 Å². The molecule has 1 saturated carbocycles. The lowest BCUT2D eigenvalue weighted by atomic mass is 9.82. The summed E-state index contributed by atoms with van der Waals surface area (Å²) in [5.41, 5.74) is 3.70. The number of nitrogens with zero attached hydrogens (tertiary/aromatic N) is 4. The van der Waals surface area contributed by atoms with Gasteiger partial charge in [-0.1, -0.05) is 29.8 Å². The minimum atomic E-state index is 0.0849. The second-order valence-corrected chi connectivity index (χ2v) is 8.17. The fraction of sp³-hybridized carbons (Fsp3) is 0.435. The monoisotopic (exact) mass is 405 g/mol. The van der Waals surface area contributed by atoms with E-state index >= 15 is 0 Å². The number of nitrogens with one attached hydrogen (secondary N) is 1. The van der Waals surface area contributed by atoms with Gasteiger partial charge in [0, 0.05) is 18.7 Å². The number of hydrogen-bond donors (Lipinski definition) is 1. The fourth-order valence-electron chi connectivity index (χ4n) is 3.83. The van der Waals surface area contributed by atoms with Gasteiger partial charge in [-0.2, -0.15) is 0 Å². The summed E-state index contributed by atoms with van der Waals surface area (Å²) in [5.74, 6) is 1.94. The first-order valence-corrected chi connectivity index (χ1v) is 10.5. The van der Waals surface area contributed by atoms with Gasteiger partial charge in [0.25, 0.3) is 5.89 Å². The summed E-state index contributed by atoms with van der Waals surface area (Å²) in [7, 11) is 0. The minimum Gasteiger partial charge on any atom is -0.419 e. The lowest BCUT2D eigenvalue weighted by Gasteiger charge is -2.26. The van der Waals surface area contributed by atoms with Crippen LogP contribution in [0.5, 0.6) is 0 Å². The molecule has 0 aliphatic heterocycles. The molecule has 0 spiro atoms. The summed E-state index contributed by atoms with van der Waals surface area (Å²) in [4.78, 5) is 20.8. The van der Waals surface area contributed by atoms with E-state index in [1.54, 1.807) is 12.4 Å². The number of aryl methyl sites for hydroxylation is 2. The molecule has 3 aromatic rings. The van der Waals surface area contributed by atoms with E-state index in [0.29, 0.717) is 29.8 Å². The molecule has 0 radical (unpaired) electrons. The Balaban J connectivity index is 1.23. The second-order valence-electron chi connectivity index (χ2n) is 8.17. The summed E-state index contributed by atoms with van der Waals surface area (Å²) in [6, 6.07) is 8.11. The molecule has 30 heavy (non-hydrogen) atoms. The summed E-state index contributed by atoms with van der Waals surface area (Å²) in [6.45, 7) is 4.66. The normalized spacial score (nSPS) is 18.9. The van der Waals surface area contributed by atoms with Crippen LogP contribution in [0.3, 0.4) is 0 Å². The molecule has 0 saturated heterocycles. The number of amides is 1. The molecule has 2 heterocycles. The van der Waals surface area contributed by atoms with Crippen LogP contribution >= 0.6 is 0 Å². The largest absolute Gasteiger partial charge is 0.419 e. The van der Waals surface area contributed by atoms with Gasteiger partial charge in [0.05, 0.1) is 18.3 Å². The average molecular weight is 406 g/mol. The summed E-state index contributed by atoms with van der Waals surface area (Å²) >= 11 is 0. The van der Waals surface area contributed by atoms with Crippen molar-refractivity contribution < 1.29 is 9.21 Å². The smallest absolute Gasteiger partial charge is 0.267 e. The van der Waals surface area contributed by atoms with Crippen LogP contribution in [0.2, 0.25) is 0 Å². The van der Waals surface area contributed by atoms with Crippen LogP contribution in [0, 0.1) is 19.8 Å². The predicted octanol–water partition coefficient (Wildman–Crippen LogP) is 3.78. The highest BCUT2D eigenvalue weighted by molar-refractivity contribution is 5.78. The molecule has 0 unspecified atom stereocenters. The molecule has 0 atom stereocenters. The number of rotatable bonds is 6. The van der Waals surface area contributed by atoms with Crippen LogP contribution in [0.15, 0.2) is 41.1 Å². The van der Waals surface area contributed by atoms with Gasteiger partial charge in [-0.05, 0) is 51.0 Å². The summed E-state index contributed by atoms with van der Waals surface area (Å²) < 4.78 is 5.86. The van der Waals surface area contributed by atoms with E-state index in [1.165, 1.54) is 5.56 Å². The Morgan fingerprint density at radius 2 is 1.80 bits per heavy atom. The zero-order chi connectivity index (χ0) is 20.9. The number of hydrogen-bond acceptors (Lipinski definition) is 6. The predicted molar refractivity (Wildman–Crippen MR) is 113 cm³/mol. The minimum absolute atomic E-state index is 0.0849. The van der Waals surface area contributed by atoms with Gasteiger partial charge in [0.2, 0.25) is 11.8 Å². The Labute approximate surface area is 176 Å². The van der Waals surface area contributed by atoms with Crippen molar-refractivity contribution in [3.05, 3.63) is 59.4 Å². The third-order valence-corrected chi connectivity index (χ3v) is 5.71. The van der Waals surface area contributed by atoms with Crippen molar-refractivity contribution in [1.82, 2.24) is 25.5 Å². The molecule has 1 fully saturated rings. The Bertz CT molecular complexity index is 974. The third-order valence-electron chi connectivity index (χ3n) is 5.71. The van der Waals surface area contributed by atoms with E-state index in [0.717, 1.165) is 43.5 Å². The van der Waals surface area contributed by atoms with Gasteiger partial charge in [-0.3, -0.25) is 9.78 Å². The highest BCUT2D eigenvalue weighted by Gasteiger charge is 2.27. The molecule has 1 amide bonds. The maximum absolute atomic E-state index is 12.2. The van der Waals surface area contributed by atoms with Crippen molar-refractivity contribution in [3.8, 4) is 11.6 Å². The van der Waals surface area contributed by atoms with Gasteiger partial charge < -0.3 is 9.73 Å². The zero-order valence-electron chi connectivity index (χ0n) is 17.5. The lowest BCUT2D eigenvalue weighted by molar-refractivity contribution is -0.120. The fourth-order valence-corrected chi connectivity index (χ4v) is 3.83. The first kappa shape index (κ1) is 20.2. The SMILES string of the molecule is Cc1ccc(CC(=O)NCC2CCC(c3nnc(-c4cnc(C)cn4)o3)CC2)cc1. The van der Waals surface area contributed by atoms with Gasteiger partial charge in [-0.15, -0.1) is 10.2 Å². The maximum Gasteiger partial charge on any atom is 0.267 e. The van der Waals surface area contributed by atoms with Crippen LogP contribution in [-0.4, -0.2) is 32.6 Å². The van der Waals surface area contributed by atoms with Crippen molar-refractivity contribution in [2.75, 3.05) is 6.54 Å². The average Bonchev–Trinajstić information content (AvgIpc) is 3.25.